The summed E-state index contributed by atoms with van der Waals surface area (Å²) in [7, 11) is 1.53. The summed E-state index contributed by atoms with van der Waals surface area (Å²) in [5.41, 5.74) is 0.855. The van der Waals surface area contributed by atoms with Gasteiger partial charge in [-0.2, -0.15) is 0 Å². The molecule has 21 heavy (non-hydrogen) atoms. The van der Waals surface area contributed by atoms with Gasteiger partial charge in [0.05, 0.1) is 7.11 Å². The van der Waals surface area contributed by atoms with E-state index in [0.29, 0.717) is 12.2 Å². The van der Waals surface area contributed by atoms with Gasteiger partial charge in [-0.1, -0.05) is 12.1 Å². The molecule has 114 valence electrons. The molecule has 7 heteroatoms. The predicted molar refractivity (Wildman–Crippen MR) is 73.2 cm³/mol. The Hall–Kier alpha value is -2.57. The van der Waals surface area contributed by atoms with Gasteiger partial charge in [-0.15, -0.1) is 0 Å². The SMILES string of the molecule is COc1cccc(CCC(=O)N(CC(=O)O)CC(=O)O)c1. The van der Waals surface area contributed by atoms with Gasteiger partial charge in [0, 0.05) is 6.42 Å². The second-order valence-electron chi connectivity index (χ2n) is 4.39. The zero-order valence-corrected chi connectivity index (χ0v) is 11.6. The Balaban J connectivity index is 2.63. The number of methoxy groups -OCH3 is 1. The number of hydrogen-bond acceptors (Lipinski definition) is 4. The Bertz CT molecular complexity index is 512. The number of carbonyl (C=O) groups excluding carboxylic acids is 1. The van der Waals surface area contributed by atoms with Crippen LogP contribution in [-0.4, -0.2) is 53.2 Å². The minimum absolute atomic E-state index is 0.0354. The van der Waals surface area contributed by atoms with E-state index in [1.165, 1.54) is 7.11 Å². The molecule has 0 unspecified atom stereocenters. The maximum atomic E-state index is 11.9. The van der Waals surface area contributed by atoms with Crippen LogP contribution >= 0.6 is 0 Å². The van der Waals surface area contributed by atoms with E-state index >= 15 is 0 Å². The molecule has 1 amide bonds. The first-order valence-corrected chi connectivity index (χ1v) is 6.26. The van der Waals surface area contributed by atoms with E-state index in [-0.39, 0.29) is 6.42 Å². The summed E-state index contributed by atoms with van der Waals surface area (Å²) >= 11 is 0. The van der Waals surface area contributed by atoms with Crippen LogP contribution in [0.4, 0.5) is 0 Å². The Morgan fingerprint density at radius 3 is 2.29 bits per heavy atom. The monoisotopic (exact) mass is 295 g/mol. The molecule has 0 bridgehead atoms. The van der Waals surface area contributed by atoms with E-state index in [0.717, 1.165) is 10.5 Å². The fourth-order valence-electron chi connectivity index (χ4n) is 1.80. The lowest BCUT2D eigenvalue weighted by Gasteiger charge is -2.18. The molecular formula is C14H17NO6. The standard InChI is InChI=1S/C14H17NO6/c1-21-11-4-2-3-10(7-11)5-6-12(16)15(8-13(17)18)9-14(19)20/h2-4,7H,5-6,8-9H2,1H3,(H,17,18)(H,19,20). The minimum Gasteiger partial charge on any atom is -0.497 e. The van der Waals surface area contributed by atoms with Crippen LogP contribution in [0.1, 0.15) is 12.0 Å². The summed E-state index contributed by atoms with van der Waals surface area (Å²) in [6.45, 7) is -1.24. The largest absolute Gasteiger partial charge is 0.497 e. The maximum absolute atomic E-state index is 11.9. The van der Waals surface area contributed by atoms with E-state index in [2.05, 4.69) is 0 Å². The highest BCUT2D eigenvalue weighted by molar-refractivity contribution is 5.85. The molecule has 0 saturated heterocycles. The first kappa shape index (κ1) is 16.5. The number of hydrogen-bond donors (Lipinski definition) is 2. The Kier molecular flexibility index (Phi) is 6.19. The Morgan fingerprint density at radius 2 is 1.76 bits per heavy atom. The van der Waals surface area contributed by atoms with Crippen LogP contribution in [0.2, 0.25) is 0 Å². The molecule has 0 fully saturated rings. The lowest BCUT2D eigenvalue weighted by atomic mass is 10.1. The highest BCUT2D eigenvalue weighted by Gasteiger charge is 2.19. The van der Waals surface area contributed by atoms with Gasteiger partial charge in [-0.05, 0) is 24.1 Å². The quantitative estimate of drug-likeness (QED) is 0.728. The molecule has 0 aliphatic heterocycles. The van der Waals surface area contributed by atoms with Gasteiger partial charge in [-0.25, -0.2) is 0 Å². The lowest BCUT2D eigenvalue weighted by molar-refractivity contribution is -0.149. The molecule has 0 aromatic heterocycles. The number of benzene rings is 1. The normalized spacial score (nSPS) is 9.95. The van der Waals surface area contributed by atoms with Crippen molar-refractivity contribution in [2.75, 3.05) is 20.2 Å². The summed E-state index contributed by atoms with van der Waals surface area (Å²) in [6.07, 6.45) is 0.416. The number of carboxylic acids is 2. The van der Waals surface area contributed by atoms with Crippen LogP contribution in [-0.2, 0) is 20.8 Å². The third kappa shape index (κ3) is 5.94. The molecule has 0 aliphatic carbocycles. The number of nitrogens with zero attached hydrogens (tertiary/aromatic N) is 1. The fourth-order valence-corrected chi connectivity index (χ4v) is 1.80. The summed E-state index contributed by atoms with van der Waals surface area (Å²) in [4.78, 5) is 34.0. The van der Waals surface area contributed by atoms with Gasteiger partial charge in [0.1, 0.15) is 18.8 Å². The van der Waals surface area contributed by atoms with Crippen molar-refractivity contribution in [3.05, 3.63) is 29.8 Å². The fraction of sp³-hybridized carbons (Fsp3) is 0.357. The molecule has 1 aromatic rings. The maximum Gasteiger partial charge on any atom is 0.323 e. The van der Waals surface area contributed by atoms with E-state index in [9.17, 15) is 14.4 Å². The van der Waals surface area contributed by atoms with Crippen molar-refractivity contribution in [2.24, 2.45) is 0 Å². The van der Waals surface area contributed by atoms with Gasteiger partial charge < -0.3 is 19.8 Å². The van der Waals surface area contributed by atoms with Crippen LogP contribution in [0.15, 0.2) is 24.3 Å². The molecule has 1 aromatic carbocycles. The van der Waals surface area contributed by atoms with Crippen molar-refractivity contribution in [1.29, 1.82) is 0 Å². The average molecular weight is 295 g/mol. The van der Waals surface area contributed by atoms with E-state index in [1.807, 2.05) is 6.07 Å². The van der Waals surface area contributed by atoms with Crippen LogP contribution in [0.5, 0.6) is 5.75 Å². The summed E-state index contributed by atoms with van der Waals surface area (Å²) < 4.78 is 5.06. The predicted octanol–water partition coefficient (Wildman–Crippen LogP) is 0.626. The van der Waals surface area contributed by atoms with Gasteiger partial charge in [0.25, 0.3) is 0 Å². The van der Waals surface area contributed by atoms with Crippen LogP contribution < -0.4 is 4.74 Å². The smallest absolute Gasteiger partial charge is 0.323 e. The molecule has 2 N–H and O–H groups in total. The molecule has 0 radical (unpaired) electrons. The summed E-state index contributed by atoms with van der Waals surface area (Å²) in [6, 6.07) is 7.14. The molecule has 0 atom stereocenters. The first-order chi connectivity index (χ1) is 9.92. The number of carboxylic acid groups (broad SMARTS) is 2. The summed E-state index contributed by atoms with van der Waals surface area (Å²) in [5, 5.41) is 17.4. The second-order valence-corrected chi connectivity index (χ2v) is 4.39. The molecule has 0 aliphatic rings. The average Bonchev–Trinajstić information content (AvgIpc) is 2.43. The van der Waals surface area contributed by atoms with Crippen molar-refractivity contribution in [2.45, 2.75) is 12.8 Å². The number of aryl methyl sites for hydroxylation is 1. The second kappa shape index (κ2) is 7.88. The summed E-state index contributed by atoms with van der Waals surface area (Å²) in [5.74, 6) is -2.34. The topological polar surface area (TPSA) is 104 Å². The van der Waals surface area contributed by atoms with Gasteiger partial charge in [-0.3, -0.25) is 14.4 Å². The molecule has 0 spiro atoms. The van der Waals surface area contributed by atoms with Crippen molar-refractivity contribution in [3.8, 4) is 5.75 Å². The van der Waals surface area contributed by atoms with Crippen LogP contribution in [0, 0.1) is 0 Å². The van der Waals surface area contributed by atoms with Crippen LogP contribution in [0.25, 0.3) is 0 Å². The third-order valence-electron chi connectivity index (χ3n) is 2.77. The molecule has 0 heterocycles. The van der Waals surface area contributed by atoms with Gasteiger partial charge in [0.15, 0.2) is 0 Å². The Morgan fingerprint density at radius 1 is 1.14 bits per heavy atom. The van der Waals surface area contributed by atoms with Gasteiger partial charge >= 0.3 is 11.9 Å². The number of aliphatic carboxylic acids is 2. The number of amides is 1. The minimum atomic E-state index is -1.24. The molecular weight excluding hydrogens is 278 g/mol. The first-order valence-electron chi connectivity index (χ1n) is 6.26. The van der Waals surface area contributed by atoms with Crippen molar-refractivity contribution < 1.29 is 29.3 Å². The van der Waals surface area contributed by atoms with Crippen molar-refractivity contribution in [3.63, 3.8) is 0 Å². The van der Waals surface area contributed by atoms with Crippen molar-refractivity contribution in [1.82, 2.24) is 4.90 Å². The number of carbonyl (C=O) groups is 3. The van der Waals surface area contributed by atoms with Crippen molar-refractivity contribution >= 4 is 17.8 Å². The highest BCUT2D eigenvalue weighted by Crippen LogP contribution is 2.14. The van der Waals surface area contributed by atoms with E-state index in [1.54, 1.807) is 18.2 Å². The van der Waals surface area contributed by atoms with E-state index < -0.39 is 30.9 Å². The zero-order valence-electron chi connectivity index (χ0n) is 11.6. The molecule has 1 rings (SSSR count). The highest BCUT2D eigenvalue weighted by atomic mass is 16.5. The van der Waals surface area contributed by atoms with Crippen LogP contribution in [0.3, 0.4) is 0 Å². The zero-order chi connectivity index (χ0) is 15.8. The van der Waals surface area contributed by atoms with Gasteiger partial charge in [0.2, 0.25) is 5.91 Å². The molecule has 7 nitrogen and oxygen atoms in total. The number of rotatable bonds is 8. The van der Waals surface area contributed by atoms with E-state index in [4.69, 9.17) is 14.9 Å². The lowest BCUT2D eigenvalue weighted by Crippen LogP contribution is -2.39. The Labute approximate surface area is 121 Å². The molecule has 0 saturated carbocycles. The third-order valence-corrected chi connectivity index (χ3v) is 2.77. The number of ether oxygens (including phenoxy) is 1.